The van der Waals surface area contributed by atoms with Crippen LogP contribution in [-0.2, 0) is 6.18 Å². The van der Waals surface area contributed by atoms with E-state index in [9.17, 15) is 22.7 Å². The maximum Gasteiger partial charge on any atom is 0.416 e. The molecular formula is C17H13F4N3OS. The molecule has 3 aromatic rings. The maximum atomic E-state index is 13.8. The zero-order chi connectivity index (χ0) is 18.9. The van der Waals surface area contributed by atoms with Crippen LogP contribution in [0.1, 0.15) is 27.8 Å². The van der Waals surface area contributed by atoms with E-state index in [0.29, 0.717) is 17.7 Å². The van der Waals surface area contributed by atoms with Crippen LogP contribution in [0.4, 0.5) is 28.4 Å². The first-order valence-corrected chi connectivity index (χ1v) is 8.27. The fourth-order valence-electron chi connectivity index (χ4n) is 2.20. The lowest BCUT2D eigenvalue weighted by Gasteiger charge is -2.10. The van der Waals surface area contributed by atoms with Gasteiger partial charge in [0.05, 0.1) is 11.3 Å². The Labute approximate surface area is 150 Å². The molecule has 0 saturated carbocycles. The first-order chi connectivity index (χ1) is 12.2. The van der Waals surface area contributed by atoms with Crippen LogP contribution in [0.3, 0.4) is 0 Å². The van der Waals surface area contributed by atoms with Gasteiger partial charge in [-0.15, -0.1) is 10.2 Å². The SMILES string of the molecule is Cc1ccc(C(O)c2nnc(Nc3cc(C(F)(F)F)ccc3F)s2)cc1. The number of benzene rings is 2. The van der Waals surface area contributed by atoms with Crippen molar-refractivity contribution in [2.45, 2.75) is 19.2 Å². The first-order valence-electron chi connectivity index (χ1n) is 7.46. The van der Waals surface area contributed by atoms with Crippen LogP contribution in [-0.4, -0.2) is 15.3 Å². The summed E-state index contributed by atoms with van der Waals surface area (Å²) in [6.07, 6.45) is -5.62. The van der Waals surface area contributed by atoms with Crippen molar-refractivity contribution < 1.29 is 22.7 Å². The molecule has 9 heteroatoms. The largest absolute Gasteiger partial charge is 0.416 e. The number of rotatable bonds is 4. The minimum absolute atomic E-state index is 0.0735. The molecule has 1 atom stereocenters. The van der Waals surface area contributed by atoms with Gasteiger partial charge in [-0.1, -0.05) is 41.2 Å². The Bertz CT molecular complexity index is 909. The lowest BCUT2D eigenvalue weighted by atomic mass is 10.1. The number of alkyl halides is 3. The summed E-state index contributed by atoms with van der Waals surface area (Å²) < 4.78 is 52.1. The molecule has 0 saturated heterocycles. The minimum atomic E-state index is -4.59. The Balaban J connectivity index is 1.81. The van der Waals surface area contributed by atoms with Gasteiger partial charge in [0.2, 0.25) is 5.13 Å². The molecule has 0 bridgehead atoms. The third-order valence-electron chi connectivity index (χ3n) is 3.60. The number of anilines is 2. The second kappa shape index (κ2) is 7.00. The molecular weight excluding hydrogens is 370 g/mol. The quantitative estimate of drug-likeness (QED) is 0.634. The molecule has 1 aromatic heterocycles. The average Bonchev–Trinajstić information content (AvgIpc) is 3.04. The van der Waals surface area contributed by atoms with Crippen molar-refractivity contribution in [1.82, 2.24) is 10.2 Å². The second-order valence-corrected chi connectivity index (χ2v) is 6.59. The van der Waals surface area contributed by atoms with Crippen LogP contribution >= 0.6 is 11.3 Å². The molecule has 4 nitrogen and oxygen atoms in total. The molecule has 1 heterocycles. The predicted octanol–water partition coefficient (Wildman–Crippen LogP) is 4.83. The van der Waals surface area contributed by atoms with Gasteiger partial charge in [-0.05, 0) is 30.7 Å². The van der Waals surface area contributed by atoms with Gasteiger partial charge < -0.3 is 10.4 Å². The van der Waals surface area contributed by atoms with Gasteiger partial charge in [0.25, 0.3) is 0 Å². The van der Waals surface area contributed by atoms with Crippen LogP contribution < -0.4 is 5.32 Å². The number of aliphatic hydroxyl groups is 1. The number of nitrogens with one attached hydrogen (secondary N) is 1. The van der Waals surface area contributed by atoms with E-state index in [1.54, 1.807) is 12.1 Å². The van der Waals surface area contributed by atoms with Crippen molar-refractivity contribution in [3.63, 3.8) is 0 Å². The van der Waals surface area contributed by atoms with Gasteiger partial charge >= 0.3 is 6.18 Å². The predicted molar refractivity (Wildman–Crippen MR) is 89.8 cm³/mol. The number of aryl methyl sites for hydroxylation is 1. The van der Waals surface area contributed by atoms with Gasteiger partial charge in [0, 0.05) is 0 Å². The van der Waals surface area contributed by atoms with Gasteiger partial charge in [-0.2, -0.15) is 13.2 Å². The van der Waals surface area contributed by atoms with E-state index in [0.717, 1.165) is 23.0 Å². The number of aliphatic hydroxyl groups excluding tert-OH is 1. The average molecular weight is 383 g/mol. The summed E-state index contributed by atoms with van der Waals surface area (Å²) in [6, 6.07) is 9.18. The van der Waals surface area contributed by atoms with Crippen LogP contribution in [0, 0.1) is 12.7 Å². The Morgan fingerprint density at radius 2 is 1.77 bits per heavy atom. The molecule has 136 valence electrons. The highest BCUT2D eigenvalue weighted by Gasteiger charge is 2.31. The van der Waals surface area contributed by atoms with Crippen molar-refractivity contribution in [2.75, 3.05) is 5.32 Å². The lowest BCUT2D eigenvalue weighted by molar-refractivity contribution is -0.137. The Hall–Kier alpha value is -2.52. The monoisotopic (exact) mass is 383 g/mol. The number of hydrogen-bond acceptors (Lipinski definition) is 5. The molecule has 0 aliphatic carbocycles. The molecule has 0 radical (unpaired) electrons. The van der Waals surface area contributed by atoms with E-state index in [-0.39, 0.29) is 15.8 Å². The summed E-state index contributed by atoms with van der Waals surface area (Å²) >= 11 is 0.926. The molecule has 0 aliphatic rings. The zero-order valence-electron chi connectivity index (χ0n) is 13.4. The van der Waals surface area contributed by atoms with Gasteiger partial charge in [0.1, 0.15) is 11.9 Å². The summed E-state index contributed by atoms with van der Waals surface area (Å²) in [4.78, 5) is 0. The van der Waals surface area contributed by atoms with Crippen molar-refractivity contribution >= 4 is 22.2 Å². The molecule has 0 spiro atoms. The van der Waals surface area contributed by atoms with Gasteiger partial charge in [-0.3, -0.25) is 0 Å². The summed E-state index contributed by atoms with van der Waals surface area (Å²) in [5.74, 6) is -0.853. The van der Waals surface area contributed by atoms with Gasteiger partial charge in [0.15, 0.2) is 5.01 Å². The molecule has 0 fully saturated rings. The number of halogens is 4. The Kier molecular flexibility index (Phi) is 4.92. The van der Waals surface area contributed by atoms with Crippen molar-refractivity contribution in [1.29, 1.82) is 0 Å². The van der Waals surface area contributed by atoms with E-state index in [1.807, 2.05) is 19.1 Å². The standard InChI is InChI=1S/C17H13F4N3OS/c1-9-2-4-10(5-3-9)14(25)15-23-24-16(26-15)22-13-8-11(17(19,20)21)6-7-12(13)18/h2-8,14,25H,1H3,(H,22,24). The van der Waals surface area contributed by atoms with E-state index in [4.69, 9.17) is 0 Å². The molecule has 26 heavy (non-hydrogen) atoms. The van der Waals surface area contributed by atoms with Crippen molar-refractivity contribution in [3.05, 3.63) is 70.0 Å². The van der Waals surface area contributed by atoms with Crippen LogP contribution in [0.25, 0.3) is 0 Å². The van der Waals surface area contributed by atoms with E-state index in [2.05, 4.69) is 15.5 Å². The second-order valence-electron chi connectivity index (χ2n) is 5.58. The lowest BCUT2D eigenvalue weighted by Crippen LogP contribution is -2.06. The highest BCUT2D eigenvalue weighted by Crippen LogP contribution is 2.34. The number of aromatic nitrogens is 2. The minimum Gasteiger partial charge on any atom is -0.381 e. The smallest absolute Gasteiger partial charge is 0.381 e. The summed E-state index contributed by atoms with van der Waals surface area (Å²) in [6.45, 7) is 1.91. The number of nitrogens with zero attached hydrogens (tertiary/aromatic N) is 2. The molecule has 1 unspecified atom stereocenters. The zero-order valence-corrected chi connectivity index (χ0v) is 14.2. The third kappa shape index (κ3) is 4.00. The first kappa shape index (κ1) is 18.3. The van der Waals surface area contributed by atoms with Crippen molar-refractivity contribution in [3.8, 4) is 0 Å². The molecule has 2 N–H and O–H groups in total. The molecule has 0 aliphatic heterocycles. The van der Waals surface area contributed by atoms with Crippen LogP contribution in [0.15, 0.2) is 42.5 Å². The normalized spacial score (nSPS) is 12.8. The molecule has 0 amide bonds. The van der Waals surface area contributed by atoms with E-state index in [1.165, 1.54) is 0 Å². The fraction of sp³-hybridized carbons (Fsp3) is 0.176. The van der Waals surface area contributed by atoms with Crippen LogP contribution in [0.5, 0.6) is 0 Å². The highest BCUT2D eigenvalue weighted by molar-refractivity contribution is 7.15. The third-order valence-corrected chi connectivity index (χ3v) is 4.49. The van der Waals surface area contributed by atoms with Crippen molar-refractivity contribution in [2.24, 2.45) is 0 Å². The van der Waals surface area contributed by atoms with E-state index < -0.39 is 23.7 Å². The fourth-order valence-corrected chi connectivity index (χ4v) is 2.97. The maximum absolute atomic E-state index is 13.8. The van der Waals surface area contributed by atoms with Crippen LogP contribution in [0.2, 0.25) is 0 Å². The van der Waals surface area contributed by atoms with E-state index >= 15 is 0 Å². The highest BCUT2D eigenvalue weighted by atomic mass is 32.1. The topological polar surface area (TPSA) is 58.0 Å². The molecule has 3 rings (SSSR count). The summed E-state index contributed by atoms with van der Waals surface area (Å²) in [5.41, 5.74) is 0.280. The summed E-state index contributed by atoms with van der Waals surface area (Å²) in [5, 5.41) is 20.7. The number of hydrogen-bond donors (Lipinski definition) is 2. The summed E-state index contributed by atoms with van der Waals surface area (Å²) in [7, 11) is 0. The Morgan fingerprint density at radius 3 is 2.42 bits per heavy atom. The molecule has 2 aromatic carbocycles. The Morgan fingerprint density at radius 1 is 1.08 bits per heavy atom. The van der Waals surface area contributed by atoms with Gasteiger partial charge in [-0.25, -0.2) is 4.39 Å².